The molecule has 25 heavy (non-hydrogen) atoms. The molecule has 0 radical (unpaired) electrons. The molecule has 136 valence electrons. The van der Waals surface area contributed by atoms with Crippen LogP contribution in [0.4, 0.5) is 22.7 Å². The highest BCUT2D eigenvalue weighted by Crippen LogP contribution is 2.36. The molecular weight excluding hydrogens is 342 g/mol. The molecule has 0 aromatic heterocycles. The van der Waals surface area contributed by atoms with Gasteiger partial charge in [-0.25, -0.2) is 0 Å². The van der Waals surface area contributed by atoms with E-state index in [0.717, 1.165) is 5.56 Å². The highest BCUT2D eigenvalue weighted by Gasteiger charge is 2.21. The molecule has 0 aliphatic rings. The van der Waals surface area contributed by atoms with Gasteiger partial charge in [-0.15, -0.1) is 0 Å². The number of anilines is 4. The van der Waals surface area contributed by atoms with Gasteiger partial charge in [-0.3, -0.25) is 4.55 Å². The number of nitrogen functional groups attached to an aromatic ring is 1. The van der Waals surface area contributed by atoms with Gasteiger partial charge in [0.25, 0.3) is 10.1 Å². The fourth-order valence-corrected chi connectivity index (χ4v) is 2.91. The highest BCUT2D eigenvalue weighted by molar-refractivity contribution is 7.86. The number of rotatable bonds is 4. The molecule has 6 N–H and O–H groups in total. The van der Waals surface area contributed by atoms with Gasteiger partial charge in [0.1, 0.15) is 10.6 Å². The first-order valence-corrected chi connectivity index (χ1v) is 9.07. The van der Waals surface area contributed by atoms with Gasteiger partial charge in [0.2, 0.25) is 0 Å². The van der Waals surface area contributed by atoms with Gasteiger partial charge in [0.15, 0.2) is 0 Å². The Balaban J connectivity index is 2.53. The zero-order chi connectivity index (χ0) is 19.0. The van der Waals surface area contributed by atoms with Gasteiger partial charge in [0, 0.05) is 23.0 Å². The Morgan fingerprint density at radius 1 is 1.08 bits per heavy atom. The maximum atomic E-state index is 11.8. The minimum atomic E-state index is -4.51. The van der Waals surface area contributed by atoms with E-state index in [1.807, 2.05) is 27.7 Å². The van der Waals surface area contributed by atoms with E-state index in [0.29, 0.717) is 11.4 Å². The van der Waals surface area contributed by atoms with Gasteiger partial charge in [-0.1, -0.05) is 6.07 Å². The smallest absolute Gasteiger partial charge is 0.296 e. The highest BCUT2D eigenvalue weighted by atomic mass is 32.2. The van der Waals surface area contributed by atoms with E-state index >= 15 is 0 Å². The second kappa shape index (κ2) is 6.45. The Morgan fingerprint density at radius 3 is 2.24 bits per heavy atom. The summed E-state index contributed by atoms with van der Waals surface area (Å²) in [5.41, 5.74) is 7.64. The molecule has 2 aromatic carbocycles. The first kappa shape index (κ1) is 18.9. The van der Waals surface area contributed by atoms with Crippen molar-refractivity contribution in [3.8, 4) is 5.75 Å². The third kappa shape index (κ3) is 4.77. The molecule has 2 aromatic rings. The maximum Gasteiger partial charge on any atom is 0.296 e. The lowest BCUT2D eigenvalue weighted by atomic mass is 10.1. The van der Waals surface area contributed by atoms with Crippen LogP contribution in [0.1, 0.15) is 26.3 Å². The van der Waals surface area contributed by atoms with Crippen LogP contribution < -0.4 is 16.4 Å². The second-order valence-corrected chi connectivity index (χ2v) is 8.30. The van der Waals surface area contributed by atoms with Crippen molar-refractivity contribution < 1.29 is 18.1 Å². The average molecular weight is 365 g/mol. The predicted molar refractivity (Wildman–Crippen MR) is 100 cm³/mol. The molecule has 8 heteroatoms. The van der Waals surface area contributed by atoms with Gasteiger partial charge >= 0.3 is 0 Å². The number of nitrogens with two attached hydrogens (primary N) is 1. The molecular formula is C17H23N3O4S. The largest absolute Gasteiger partial charge is 0.506 e. The Labute approximate surface area is 147 Å². The number of phenolic OH excluding ortho intramolecular Hbond substituents is 1. The number of aromatic hydroxyl groups is 1. The summed E-state index contributed by atoms with van der Waals surface area (Å²) >= 11 is 0. The molecule has 0 amide bonds. The predicted octanol–water partition coefficient (Wildman–Crippen LogP) is 3.48. The van der Waals surface area contributed by atoms with Crippen LogP contribution in [0.5, 0.6) is 5.75 Å². The first-order valence-electron chi connectivity index (χ1n) is 7.63. The molecule has 0 aliphatic carbocycles. The second-order valence-electron chi connectivity index (χ2n) is 6.91. The summed E-state index contributed by atoms with van der Waals surface area (Å²) in [7, 11) is -4.51. The van der Waals surface area contributed by atoms with E-state index in [-0.39, 0.29) is 22.0 Å². The molecule has 0 saturated carbocycles. The van der Waals surface area contributed by atoms with E-state index in [4.69, 9.17) is 5.73 Å². The molecule has 0 spiro atoms. The molecule has 2 rings (SSSR count). The Hall–Kier alpha value is -2.45. The third-order valence-corrected chi connectivity index (χ3v) is 4.34. The lowest BCUT2D eigenvalue weighted by molar-refractivity contribution is 0.472. The molecule has 0 saturated heterocycles. The third-order valence-electron chi connectivity index (χ3n) is 3.44. The zero-order valence-corrected chi connectivity index (χ0v) is 15.4. The lowest BCUT2D eigenvalue weighted by Gasteiger charge is -2.24. The quantitative estimate of drug-likeness (QED) is 0.319. The van der Waals surface area contributed by atoms with Gasteiger partial charge < -0.3 is 21.5 Å². The zero-order valence-electron chi connectivity index (χ0n) is 14.6. The van der Waals surface area contributed by atoms with Crippen LogP contribution >= 0.6 is 0 Å². The van der Waals surface area contributed by atoms with Crippen LogP contribution in [-0.4, -0.2) is 23.6 Å². The molecule has 0 bridgehead atoms. The topological polar surface area (TPSA) is 125 Å². The minimum Gasteiger partial charge on any atom is -0.506 e. The summed E-state index contributed by atoms with van der Waals surface area (Å²) in [6.45, 7) is 7.43. The van der Waals surface area contributed by atoms with E-state index in [1.165, 1.54) is 12.1 Å². The average Bonchev–Trinajstić information content (AvgIpc) is 2.43. The summed E-state index contributed by atoms with van der Waals surface area (Å²) in [5.74, 6) is -0.148. The van der Waals surface area contributed by atoms with Gasteiger partial charge in [-0.2, -0.15) is 8.42 Å². The van der Waals surface area contributed by atoms with E-state index in [2.05, 4.69) is 10.6 Å². The Morgan fingerprint density at radius 2 is 1.72 bits per heavy atom. The number of nitrogens with one attached hydrogen (secondary N) is 2. The lowest BCUT2D eigenvalue weighted by Crippen LogP contribution is -2.26. The van der Waals surface area contributed by atoms with E-state index < -0.39 is 15.7 Å². The summed E-state index contributed by atoms with van der Waals surface area (Å²) in [6, 6.07) is 7.57. The maximum absolute atomic E-state index is 11.8. The van der Waals surface area contributed by atoms with E-state index in [1.54, 1.807) is 18.2 Å². The molecule has 0 aliphatic heterocycles. The summed E-state index contributed by atoms with van der Waals surface area (Å²) in [6.07, 6.45) is 0. The number of benzene rings is 2. The number of hydrogen-bond acceptors (Lipinski definition) is 6. The summed E-state index contributed by atoms with van der Waals surface area (Å²) < 4.78 is 33.1. The minimum absolute atomic E-state index is 0.0442. The first-order chi connectivity index (χ1) is 11.4. The molecule has 0 atom stereocenters. The fraction of sp³-hybridized carbons (Fsp3) is 0.294. The number of phenols is 1. The molecule has 7 nitrogen and oxygen atoms in total. The van der Waals surface area contributed by atoms with Crippen LogP contribution in [0.25, 0.3) is 0 Å². The van der Waals surface area contributed by atoms with Crippen LogP contribution in [0.2, 0.25) is 0 Å². The van der Waals surface area contributed by atoms with Crippen LogP contribution in [-0.2, 0) is 10.1 Å². The van der Waals surface area contributed by atoms with Crippen LogP contribution in [0.15, 0.2) is 35.2 Å². The van der Waals surface area contributed by atoms with Crippen molar-refractivity contribution in [2.75, 3.05) is 16.4 Å². The monoisotopic (exact) mass is 365 g/mol. The summed E-state index contributed by atoms with van der Waals surface area (Å²) in [4.78, 5) is -0.351. The Kier molecular flexibility index (Phi) is 4.87. The van der Waals surface area contributed by atoms with Crippen molar-refractivity contribution in [1.29, 1.82) is 0 Å². The van der Waals surface area contributed by atoms with Crippen molar-refractivity contribution in [3.05, 3.63) is 35.9 Å². The van der Waals surface area contributed by atoms with Crippen molar-refractivity contribution in [1.82, 2.24) is 0 Å². The van der Waals surface area contributed by atoms with Crippen molar-refractivity contribution in [2.45, 2.75) is 38.1 Å². The van der Waals surface area contributed by atoms with E-state index in [9.17, 15) is 18.1 Å². The number of hydrogen-bond donors (Lipinski definition) is 5. The standard InChI is InChI=1S/C17H23N3O4S/c1-10-5-6-11(7-12(10)18)19-14-8-15(21)13(20-17(2,3)4)9-16(14)25(22,23)24/h5-9,19-21H,18H2,1-4H3,(H,22,23,24). The summed E-state index contributed by atoms with van der Waals surface area (Å²) in [5, 5.41) is 16.1. The van der Waals surface area contributed by atoms with Crippen molar-refractivity contribution >= 4 is 32.9 Å². The number of aryl methyl sites for hydroxylation is 1. The molecule has 0 unspecified atom stereocenters. The Bertz CT molecular complexity index is 903. The van der Waals surface area contributed by atoms with Gasteiger partial charge in [0.05, 0.1) is 11.4 Å². The van der Waals surface area contributed by atoms with Crippen molar-refractivity contribution in [3.63, 3.8) is 0 Å². The van der Waals surface area contributed by atoms with Crippen LogP contribution in [0.3, 0.4) is 0 Å². The van der Waals surface area contributed by atoms with Gasteiger partial charge in [-0.05, 0) is 51.5 Å². The fourth-order valence-electron chi connectivity index (χ4n) is 2.26. The molecule has 0 fully saturated rings. The SMILES string of the molecule is Cc1ccc(Nc2cc(O)c(NC(C)(C)C)cc2S(=O)(=O)O)cc1N. The normalized spacial score (nSPS) is 12.0. The van der Waals surface area contributed by atoms with Crippen LogP contribution in [0, 0.1) is 6.92 Å². The molecule has 0 heterocycles. The van der Waals surface area contributed by atoms with Crippen molar-refractivity contribution in [2.24, 2.45) is 0 Å².